The summed E-state index contributed by atoms with van der Waals surface area (Å²) in [6.45, 7) is 0.609. The van der Waals surface area contributed by atoms with Gasteiger partial charge in [-0.1, -0.05) is 23.7 Å². The monoisotopic (exact) mass is 263 g/mol. The molecule has 1 unspecified atom stereocenters. The number of hydrogen-bond donors (Lipinski definition) is 1. The molecule has 1 heterocycles. The van der Waals surface area contributed by atoms with E-state index in [2.05, 4.69) is 5.32 Å². The maximum Gasteiger partial charge on any atom is 0.144 e. The second-order valence-corrected chi connectivity index (χ2v) is 4.62. The topological polar surface area (TPSA) is 21.3 Å². The van der Waals surface area contributed by atoms with E-state index >= 15 is 0 Å². The van der Waals surface area contributed by atoms with E-state index in [0.29, 0.717) is 17.3 Å². The number of rotatable bonds is 1. The molecule has 2 aromatic carbocycles. The SMILES string of the molecule is Fc1cccc(C2CNc3ccc(Cl)cc3O2)c1. The zero-order valence-electron chi connectivity index (χ0n) is 9.49. The van der Waals surface area contributed by atoms with Gasteiger partial charge in [-0.15, -0.1) is 0 Å². The predicted octanol–water partition coefficient (Wildman–Crippen LogP) is 4.02. The van der Waals surface area contributed by atoms with E-state index in [4.69, 9.17) is 16.3 Å². The highest BCUT2D eigenvalue weighted by molar-refractivity contribution is 6.30. The maximum atomic E-state index is 13.2. The van der Waals surface area contributed by atoms with E-state index in [9.17, 15) is 4.39 Å². The summed E-state index contributed by atoms with van der Waals surface area (Å²) in [7, 11) is 0. The molecule has 92 valence electrons. The van der Waals surface area contributed by atoms with Crippen LogP contribution in [-0.4, -0.2) is 6.54 Å². The number of ether oxygens (including phenoxy) is 1. The van der Waals surface area contributed by atoms with Gasteiger partial charge in [0.25, 0.3) is 0 Å². The largest absolute Gasteiger partial charge is 0.482 e. The predicted molar refractivity (Wildman–Crippen MR) is 69.7 cm³/mol. The summed E-state index contributed by atoms with van der Waals surface area (Å²) in [5.74, 6) is 0.441. The van der Waals surface area contributed by atoms with Crippen LogP contribution in [0.15, 0.2) is 42.5 Å². The standard InChI is InChI=1S/C14H11ClFNO/c15-10-4-5-12-13(7-10)18-14(8-17-12)9-2-1-3-11(16)6-9/h1-7,14,17H,8H2. The fraction of sp³-hybridized carbons (Fsp3) is 0.143. The first-order chi connectivity index (χ1) is 8.72. The zero-order valence-corrected chi connectivity index (χ0v) is 10.2. The molecule has 1 aliphatic heterocycles. The first-order valence-electron chi connectivity index (χ1n) is 5.68. The number of hydrogen-bond acceptors (Lipinski definition) is 2. The first-order valence-corrected chi connectivity index (χ1v) is 6.06. The van der Waals surface area contributed by atoms with E-state index in [1.165, 1.54) is 12.1 Å². The fourth-order valence-electron chi connectivity index (χ4n) is 2.03. The van der Waals surface area contributed by atoms with Crippen LogP contribution in [0, 0.1) is 5.82 Å². The normalized spacial score (nSPS) is 17.6. The highest BCUT2D eigenvalue weighted by Gasteiger charge is 2.21. The Morgan fingerprint density at radius 1 is 1.22 bits per heavy atom. The van der Waals surface area contributed by atoms with Gasteiger partial charge in [0.1, 0.15) is 17.7 Å². The van der Waals surface area contributed by atoms with E-state index in [1.54, 1.807) is 18.2 Å². The fourth-order valence-corrected chi connectivity index (χ4v) is 2.19. The Morgan fingerprint density at radius 3 is 2.94 bits per heavy atom. The van der Waals surface area contributed by atoms with Crippen molar-refractivity contribution in [3.8, 4) is 5.75 Å². The lowest BCUT2D eigenvalue weighted by Gasteiger charge is -2.27. The van der Waals surface area contributed by atoms with Crippen molar-refractivity contribution < 1.29 is 9.13 Å². The Balaban J connectivity index is 1.90. The van der Waals surface area contributed by atoms with E-state index in [1.807, 2.05) is 12.1 Å². The second kappa shape index (κ2) is 4.50. The third-order valence-corrected chi connectivity index (χ3v) is 3.15. The quantitative estimate of drug-likeness (QED) is 0.839. The van der Waals surface area contributed by atoms with Crippen molar-refractivity contribution >= 4 is 17.3 Å². The first kappa shape index (κ1) is 11.4. The Bertz CT molecular complexity index is 588. The lowest BCUT2D eigenvalue weighted by atomic mass is 10.1. The summed E-state index contributed by atoms with van der Waals surface area (Å²) < 4.78 is 19.0. The van der Waals surface area contributed by atoms with E-state index < -0.39 is 0 Å². The Hall–Kier alpha value is -1.74. The molecule has 0 saturated heterocycles. The summed E-state index contributed by atoms with van der Waals surface area (Å²) in [6.07, 6.45) is -0.202. The lowest BCUT2D eigenvalue weighted by Crippen LogP contribution is -2.23. The molecule has 2 nitrogen and oxygen atoms in total. The molecule has 3 rings (SSSR count). The molecule has 4 heteroatoms. The highest BCUT2D eigenvalue weighted by atomic mass is 35.5. The molecular formula is C14H11ClFNO. The molecule has 1 atom stereocenters. The summed E-state index contributed by atoms with van der Waals surface area (Å²) in [5, 5.41) is 3.87. The van der Waals surface area contributed by atoms with E-state index in [0.717, 1.165) is 11.3 Å². The Morgan fingerprint density at radius 2 is 2.11 bits per heavy atom. The molecule has 2 aromatic rings. The van der Waals surface area contributed by atoms with Gasteiger partial charge in [0, 0.05) is 11.1 Å². The maximum absolute atomic E-state index is 13.2. The van der Waals surface area contributed by atoms with Crippen molar-refractivity contribution in [1.82, 2.24) is 0 Å². The van der Waals surface area contributed by atoms with Crippen molar-refractivity contribution in [1.29, 1.82) is 0 Å². The van der Waals surface area contributed by atoms with Crippen LogP contribution in [0.5, 0.6) is 5.75 Å². The second-order valence-electron chi connectivity index (χ2n) is 4.18. The van der Waals surface area contributed by atoms with Crippen LogP contribution in [0.4, 0.5) is 10.1 Å². The van der Waals surface area contributed by atoms with Crippen molar-refractivity contribution in [2.75, 3.05) is 11.9 Å². The van der Waals surface area contributed by atoms with Gasteiger partial charge >= 0.3 is 0 Å². The average molecular weight is 264 g/mol. The summed E-state index contributed by atoms with van der Waals surface area (Å²) in [5.41, 5.74) is 1.72. The summed E-state index contributed by atoms with van der Waals surface area (Å²) >= 11 is 5.93. The highest BCUT2D eigenvalue weighted by Crippen LogP contribution is 2.35. The van der Waals surface area contributed by atoms with Crippen LogP contribution in [0.1, 0.15) is 11.7 Å². The van der Waals surface area contributed by atoms with Gasteiger partial charge in [-0.25, -0.2) is 4.39 Å². The van der Waals surface area contributed by atoms with Gasteiger partial charge in [0.2, 0.25) is 0 Å². The molecule has 1 N–H and O–H groups in total. The number of halogens is 2. The minimum absolute atomic E-state index is 0.202. The third kappa shape index (κ3) is 2.14. The molecule has 0 aromatic heterocycles. The number of fused-ring (bicyclic) bond motifs is 1. The molecule has 0 radical (unpaired) electrons. The molecule has 1 aliphatic rings. The van der Waals surface area contributed by atoms with E-state index in [-0.39, 0.29) is 11.9 Å². The summed E-state index contributed by atoms with van der Waals surface area (Å²) in [6, 6.07) is 11.9. The third-order valence-electron chi connectivity index (χ3n) is 2.91. The smallest absolute Gasteiger partial charge is 0.144 e. The molecule has 0 aliphatic carbocycles. The zero-order chi connectivity index (χ0) is 12.5. The van der Waals surface area contributed by atoms with Gasteiger partial charge in [-0.2, -0.15) is 0 Å². The lowest BCUT2D eigenvalue weighted by molar-refractivity contribution is 0.210. The van der Waals surface area contributed by atoms with Gasteiger partial charge < -0.3 is 10.1 Å². The minimum atomic E-state index is -0.256. The van der Waals surface area contributed by atoms with Crippen LogP contribution in [0.3, 0.4) is 0 Å². The summed E-state index contributed by atoms with van der Waals surface area (Å²) in [4.78, 5) is 0. The molecule has 0 spiro atoms. The van der Waals surface area contributed by atoms with Crippen molar-refractivity contribution in [2.24, 2.45) is 0 Å². The van der Waals surface area contributed by atoms with Crippen molar-refractivity contribution in [2.45, 2.75) is 6.10 Å². The van der Waals surface area contributed by atoms with Crippen molar-refractivity contribution in [3.63, 3.8) is 0 Å². The van der Waals surface area contributed by atoms with Crippen LogP contribution in [0.2, 0.25) is 5.02 Å². The van der Waals surface area contributed by atoms with Crippen LogP contribution >= 0.6 is 11.6 Å². The number of anilines is 1. The van der Waals surface area contributed by atoms with Gasteiger partial charge in [-0.3, -0.25) is 0 Å². The Labute approximate surface area is 109 Å². The molecule has 18 heavy (non-hydrogen) atoms. The van der Waals surface area contributed by atoms with Crippen LogP contribution in [-0.2, 0) is 0 Å². The van der Waals surface area contributed by atoms with Gasteiger partial charge in [0.05, 0.1) is 12.2 Å². The minimum Gasteiger partial charge on any atom is -0.482 e. The number of nitrogens with one attached hydrogen (secondary N) is 1. The molecule has 0 fully saturated rings. The van der Waals surface area contributed by atoms with Gasteiger partial charge in [-0.05, 0) is 29.8 Å². The van der Waals surface area contributed by atoms with Gasteiger partial charge in [0.15, 0.2) is 0 Å². The number of benzene rings is 2. The van der Waals surface area contributed by atoms with Crippen LogP contribution in [0.25, 0.3) is 0 Å². The molecule has 0 saturated carbocycles. The van der Waals surface area contributed by atoms with Crippen LogP contribution < -0.4 is 10.1 Å². The molecule has 0 amide bonds. The molecular weight excluding hydrogens is 253 g/mol. The average Bonchev–Trinajstić information content (AvgIpc) is 2.38. The van der Waals surface area contributed by atoms with Crippen molar-refractivity contribution in [3.05, 3.63) is 58.9 Å². The Kier molecular flexibility index (Phi) is 2.84. The molecule has 0 bridgehead atoms.